The molecule has 19 heavy (non-hydrogen) atoms. The lowest BCUT2D eigenvalue weighted by molar-refractivity contribution is -0.155. The molecule has 1 heterocycles. The molecule has 1 N–H and O–H groups in total. The summed E-state index contributed by atoms with van der Waals surface area (Å²) in [6.45, 7) is 7.41. The van der Waals surface area contributed by atoms with Crippen molar-refractivity contribution in [3.05, 3.63) is 23.7 Å². The van der Waals surface area contributed by atoms with E-state index >= 15 is 0 Å². The number of rotatable bonds is 4. The van der Waals surface area contributed by atoms with Gasteiger partial charge in [0, 0.05) is 19.2 Å². The SMILES string of the molecule is Cc1occc1CN(C)C(=O)C(C(=O)O)C(C)(C)C. The van der Waals surface area contributed by atoms with Crippen LogP contribution in [-0.2, 0) is 16.1 Å². The van der Waals surface area contributed by atoms with Crippen molar-refractivity contribution >= 4 is 11.9 Å². The Bertz CT molecular complexity index is 470. The number of carboxylic acid groups (broad SMARTS) is 1. The smallest absolute Gasteiger partial charge is 0.316 e. The van der Waals surface area contributed by atoms with E-state index in [2.05, 4.69) is 0 Å². The molecule has 0 radical (unpaired) electrons. The van der Waals surface area contributed by atoms with Gasteiger partial charge in [-0.3, -0.25) is 9.59 Å². The zero-order valence-corrected chi connectivity index (χ0v) is 12.1. The molecule has 1 amide bonds. The second-order valence-electron chi connectivity index (χ2n) is 5.83. The summed E-state index contributed by atoms with van der Waals surface area (Å²) in [4.78, 5) is 25.0. The van der Waals surface area contributed by atoms with Gasteiger partial charge in [-0.25, -0.2) is 0 Å². The summed E-state index contributed by atoms with van der Waals surface area (Å²) >= 11 is 0. The standard InChI is InChI=1S/C14H21NO4/c1-9-10(6-7-19-9)8-15(5)12(16)11(13(17)18)14(2,3)4/h6-7,11H,8H2,1-5H3,(H,17,18). The molecule has 106 valence electrons. The van der Waals surface area contributed by atoms with Crippen LogP contribution in [0.25, 0.3) is 0 Å². The van der Waals surface area contributed by atoms with E-state index in [1.807, 2.05) is 6.92 Å². The largest absolute Gasteiger partial charge is 0.481 e. The third kappa shape index (κ3) is 3.59. The quantitative estimate of drug-likeness (QED) is 0.850. The van der Waals surface area contributed by atoms with E-state index in [0.29, 0.717) is 6.54 Å². The Labute approximate surface area is 113 Å². The molecule has 5 nitrogen and oxygen atoms in total. The fraction of sp³-hybridized carbons (Fsp3) is 0.571. The molecule has 1 unspecified atom stereocenters. The zero-order chi connectivity index (χ0) is 14.8. The van der Waals surface area contributed by atoms with Crippen molar-refractivity contribution in [2.75, 3.05) is 7.05 Å². The van der Waals surface area contributed by atoms with E-state index in [1.165, 1.54) is 4.90 Å². The Morgan fingerprint density at radius 3 is 2.37 bits per heavy atom. The number of hydrogen-bond donors (Lipinski definition) is 1. The monoisotopic (exact) mass is 267 g/mol. The molecular weight excluding hydrogens is 246 g/mol. The van der Waals surface area contributed by atoms with Gasteiger partial charge in [0.2, 0.25) is 5.91 Å². The third-order valence-corrected chi connectivity index (χ3v) is 3.11. The van der Waals surface area contributed by atoms with E-state index in [4.69, 9.17) is 4.42 Å². The number of amides is 1. The fourth-order valence-electron chi connectivity index (χ4n) is 1.98. The van der Waals surface area contributed by atoms with E-state index in [0.717, 1.165) is 11.3 Å². The lowest BCUT2D eigenvalue weighted by Gasteiger charge is -2.29. The number of hydrogen-bond acceptors (Lipinski definition) is 3. The molecule has 0 saturated heterocycles. The molecule has 0 spiro atoms. The van der Waals surface area contributed by atoms with Gasteiger partial charge in [-0.1, -0.05) is 20.8 Å². The molecule has 1 atom stereocenters. The lowest BCUT2D eigenvalue weighted by atomic mass is 9.80. The van der Waals surface area contributed by atoms with Gasteiger partial charge in [-0.15, -0.1) is 0 Å². The topological polar surface area (TPSA) is 70.8 Å². The maximum absolute atomic E-state index is 12.3. The fourth-order valence-corrected chi connectivity index (χ4v) is 1.98. The maximum atomic E-state index is 12.3. The number of aryl methyl sites for hydroxylation is 1. The van der Waals surface area contributed by atoms with Crippen molar-refractivity contribution in [1.82, 2.24) is 4.90 Å². The first-order valence-corrected chi connectivity index (χ1v) is 6.15. The summed E-state index contributed by atoms with van der Waals surface area (Å²) in [5.74, 6) is -1.79. The third-order valence-electron chi connectivity index (χ3n) is 3.11. The molecule has 0 aliphatic carbocycles. The first-order valence-electron chi connectivity index (χ1n) is 6.15. The number of aliphatic carboxylic acids is 1. The summed E-state index contributed by atoms with van der Waals surface area (Å²) in [6.07, 6.45) is 1.56. The summed E-state index contributed by atoms with van der Waals surface area (Å²) in [5.41, 5.74) is 0.261. The highest BCUT2D eigenvalue weighted by Gasteiger charge is 2.39. The molecule has 5 heteroatoms. The van der Waals surface area contributed by atoms with Crippen LogP contribution < -0.4 is 0 Å². The van der Waals surface area contributed by atoms with Crippen molar-refractivity contribution in [3.63, 3.8) is 0 Å². The highest BCUT2D eigenvalue weighted by molar-refractivity contribution is 5.97. The molecule has 0 saturated carbocycles. The highest BCUT2D eigenvalue weighted by Crippen LogP contribution is 2.28. The molecule has 0 bridgehead atoms. The molecule has 0 aliphatic rings. The molecular formula is C14H21NO4. The first-order chi connectivity index (χ1) is 8.64. The number of carbonyl (C=O) groups excluding carboxylic acids is 1. The first kappa shape index (κ1) is 15.3. The van der Waals surface area contributed by atoms with E-state index in [9.17, 15) is 14.7 Å². The summed E-state index contributed by atoms with van der Waals surface area (Å²) in [5, 5.41) is 9.24. The van der Waals surface area contributed by atoms with Crippen molar-refractivity contribution in [2.24, 2.45) is 11.3 Å². The van der Waals surface area contributed by atoms with Crippen LogP contribution in [0.15, 0.2) is 16.7 Å². The Balaban J connectivity index is 2.86. The van der Waals surface area contributed by atoms with Gasteiger partial charge in [0.25, 0.3) is 0 Å². The van der Waals surface area contributed by atoms with E-state index in [-0.39, 0.29) is 5.91 Å². The average molecular weight is 267 g/mol. The average Bonchev–Trinajstić information content (AvgIpc) is 2.61. The van der Waals surface area contributed by atoms with Gasteiger partial charge >= 0.3 is 5.97 Å². The van der Waals surface area contributed by atoms with Gasteiger partial charge in [0.15, 0.2) is 0 Å². The summed E-state index contributed by atoms with van der Waals surface area (Å²) in [6, 6.07) is 1.78. The van der Waals surface area contributed by atoms with E-state index < -0.39 is 17.3 Å². The van der Waals surface area contributed by atoms with Crippen LogP contribution in [0.2, 0.25) is 0 Å². The Morgan fingerprint density at radius 2 is 2.00 bits per heavy atom. The van der Waals surface area contributed by atoms with Gasteiger partial charge in [-0.2, -0.15) is 0 Å². The predicted octanol–water partition coefficient (Wildman–Crippen LogP) is 2.29. The summed E-state index contributed by atoms with van der Waals surface area (Å²) in [7, 11) is 1.61. The second kappa shape index (κ2) is 5.47. The lowest BCUT2D eigenvalue weighted by Crippen LogP contribution is -2.43. The van der Waals surface area contributed by atoms with Crippen LogP contribution in [0.4, 0.5) is 0 Å². The Kier molecular flexibility index (Phi) is 4.39. The second-order valence-corrected chi connectivity index (χ2v) is 5.83. The zero-order valence-electron chi connectivity index (χ0n) is 12.1. The minimum Gasteiger partial charge on any atom is -0.481 e. The molecule has 0 aliphatic heterocycles. The number of carboxylic acids is 1. The maximum Gasteiger partial charge on any atom is 0.316 e. The van der Waals surface area contributed by atoms with Crippen LogP contribution in [0.3, 0.4) is 0 Å². The van der Waals surface area contributed by atoms with Crippen molar-refractivity contribution in [2.45, 2.75) is 34.2 Å². The number of nitrogens with zero attached hydrogens (tertiary/aromatic N) is 1. The van der Waals surface area contributed by atoms with Crippen LogP contribution in [-0.4, -0.2) is 28.9 Å². The molecule has 0 fully saturated rings. The van der Waals surface area contributed by atoms with Crippen LogP contribution in [0.1, 0.15) is 32.1 Å². The minimum absolute atomic E-state index is 0.348. The number of carbonyl (C=O) groups is 2. The minimum atomic E-state index is -1.09. The van der Waals surface area contributed by atoms with Crippen molar-refractivity contribution in [3.8, 4) is 0 Å². The number of furan rings is 1. The van der Waals surface area contributed by atoms with Gasteiger partial charge in [-0.05, 0) is 18.4 Å². The molecule has 1 aromatic heterocycles. The van der Waals surface area contributed by atoms with Crippen molar-refractivity contribution in [1.29, 1.82) is 0 Å². The predicted molar refractivity (Wildman–Crippen MR) is 70.5 cm³/mol. The normalized spacial score (nSPS) is 13.1. The highest BCUT2D eigenvalue weighted by atomic mass is 16.4. The van der Waals surface area contributed by atoms with Gasteiger partial charge < -0.3 is 14.4 Å². The Morgan fingerprint density at radius 1 is 1.42 bits per heavy atom. The molecule has 1 rings (SSSR count). The van der Waals surface area contributed by atoms with Gasteiger partial charge in [0.05, 0.1) is 6.26 Å². The van der Waals surface area contributed by atoms with Crippen LogP contribution in [0, 0.1) is 18.3 Å². The molecule has 1 aromatic rings. The Hall–Kier alpha value is -1.78. The van der Waals surface area contributed by atoms with Crippen molar-refractivity contribution < 1.29 is 19.1 Å². The molecule has 0 aromatic carbocycles. The van der Waals surface area contributed by atoms with Gasteiger partial charge in [0.1, 0.15) is 11.7 Å². The van der Waals surface area contributed by atoms with Crippen LogP contribution >= 0.6 is 0 Å². The van der Waals surface area contributed by atoms with Crippen LogP contribution in [0.5, 0.6) is 0 Å². The summed E-state index contributed by atoms with van der Waals surface area (Å²) < 4.78 is 5.17. The van der Waals surface area contributed by atoms with E-state index in [1.54, 1.807) is 40.1 Å².